The van der Waals surface area contributed by atoms with Crippen LogP contribution >= 0.6 is 0 Å². The Labute approximate surface area is 111 Å². The van der Waals surface area contributed by atoms with Crippen LogP contribution in [0.3, 0.4) is 0 Å². The van der Waals surface area contributed by atoms with Crippen LogP contribution in [0.1, 0.15) is 10.5 Å². The van der Waals surface area contributed by atoms with Crippen LogP contribution in [0.2, 0.25) is 0 Å². The smallest absolute Gasteiger partial charge is 0.358 e. The third-order valence-electron chi connectivity index (χ3n) is 3.01. The Morgan fingerprint density at radius 3 is 2.79 bits per heavy atom. The molecule has 2 rings (SSSR count). The number of nitriles is 1. The summed E-state index contributed by atoms with van der Waals surface area (Å²) in [7, 11) is 1.32. The molecule has 2 heterocycles. The van der Waals surface area contributed by atoms with Crippen LogP contribution in [0.25, 0.3) is 0 Å². The summed E-state index contributed by atoms with van der Waals surface area (Å²) in [5.74, 6) is 0.178. The molecule has 7 nitrogen and oxygen atoms in total. The first kappa shape index (κ1) is 13.2. The molecule has 100 valence electrons. The summed E-state index contributed by atoms with van der Waals surface area (Å²) < 4.78 is 4.62. The molecular weight excluding hydrogens is 246 g/mol. The molecular formula is C12H15N5O2. The Kier molecular flexibility index (Phi) is 4.26. The van der Waals surface area contributed by atoms with Crippen molar-refractivity contribution in [3.8, 4) is 6.07 Å². The van der Waals surface area contributed by atoms with Gasteiger partial charge in [-0.25, -0.2) is 9.78 Å². The number of methoxy groups -OCH3 is 1. The summed E-state index contributed by atoms with van der Waals surface area (Å²) in [5, 5.41) is 8.65. The van der Waals surface area contributed by atoms with Crippen molar-refractivity contribution in [3.05, 3.63) is 18.1 Å². The molecule has 0 aromatic carbocycles. The maximum absolute atomic E-state index is 11.4. The van der Waals surface area contributed by atoms with Gasteiger partial charge in [-0.15, -0.1) is 0 Å². The fourth-order valence-electron chi connectivity index (χ4n) is 1.95. The van der Waals surface area contributed by atoms with Crippen LogP contribution in [0.5, 0.6) is 0 Å². The molecule has 0 saturated carbocycles. The van der Waals surface area contributed by atoms with Gasteiger partial charge < -0.3 is 9.64 Å². The molecule has 0 bridgehead atoms. The zero-order valence-corrected chi connectivity index (χ0v) is 10.7. The maximum Gasteiger partial charge on any atom is 0.358 e. The molecule has 1 aliphatic rings. The van der Waals surface area contributed by atoms with Crippen LogP contribution in [0.15, 0.2) is 12.4 Å². The largest absolute Gasteiger partial charge is 0.464 e. The zero-order chi connectivity index (χ0) is 13.7. The maximum atomic E-state index is 11.4. The number of hydrogen-bond acceptors (Lipinski definition) is 7. The topological polar surface area (TPSA) is 82.4 Å². The van der Waals surface area contributed by atoms with E-state index < -0.39 is 5.97 Å². The average Bonchev–Trinajstić information content (AvgIpc) is 2.48. The first-order valence-electron chi connectivity index (χ1n) is 5.99. The standard InChI is InChI=1S/C12H15N5O2/c1-19-12(18)10-8-14-9-11(15-10)17-6-4-16(3-2-13)5-7-17/h8-9H,3-7H2,1H3. The first-order chi connectivity index (χ1) is 9.24. The van der Waals surface area contributed by atoms with Crippen LogP contribution in [-0.2, 0) is 4.74 Å². The Hall–Kier alpha value is -2.20. The van der Waals surface area contributed by atoms with Gasteiger partial charge >= 0.3 is 5.97 Å². The van der Waals surface area contributed by atoms with Gasteiger partial charge in [0.15, 0.2) is 5.69 Å². The molecule has 1 aromatic rings. The third kappa shape index (κ3) is 3.17. The molecule has 1 aliphatic heterocycles. The summed E-state index contributed by atoms with van der Waals surface area (Å²) in [6.07, 6.45) is 3.02. The second-order valence-electron chi connectivity index (χ2n) is 4.18. The molecule has 1 fully saturated rings. The molecule has 0 spiro atoms. The minimum absolute atomic E-state index is 0.208. The monoisotopic (exact) mass is 261 g/mol. The van der Waals surface area contributed by atoms with Gasteiger partial charge in [-0.3, -0.25) is 9.88 Å². The molecule has 0 radical (unpaired) electrons. The second kappa shape index (κ2) is 6.11. The highest BCUT2D eigenvalue weighted by Crippen LogP contribution is 2.13. The fraction of sp³-hybridized carbons (Fsp3) is 0.500. The van der Waals surface area contributed by atoms with E-state index in [0.717, 1.165) is 26.2 Å². The van der Waals surface area contributed by atoms with Gasteiger partial charge in [0.1, 0.15) is 5.82 Å². The summed E-state index contributed by atoms with van der Waals surface area (Å²) in [5.41, 5.74) is 0.208. The minimum atomic E-state index is -0.488. The van der Waals surface area contributed by atoms with E-state index in [1.54, 1.807) is 6.20 Å². The van der Waals surface area contributed by atoms with E-state index in [2.05, 4.69) is 25.7 Å². The van der Waals surface area contributed by atoms with Crippen molar-refractivity contribution in [2.45, 2.75) is 0 Å². The summed E-state index contributed by atoms with van der Waals surface area (Å²) in [6, 6.07) is 2.14. The third-order valence-corrected chi connectivity index (χ3v) is 3.01. The number of esters is 1. The Bertz CT molecular complexity index is 491. The van der Waals surface area contributed by atoms with Crippen LogP contribution in [0, 0.1) is 11.3 Å². The summed E-state index contributed by atoms with van der Waals surface area (Å²) >= 11 is 0. The Morgan fingerprint density at radius 2 is 2.16 bits per heavy atom. The lowest BCUT2D eigenvalue weighted by Gasteiger charge is -2.33. The predicted octanol–water partition coefficient (Wildman–Crippen LogP) is -0.0912. The molecule has 0 amide bonds. The number of carbonyl (C=O) groups excluding carboxylic acids is 1. The van der Waals surface area contributed by atoms with Gasteiger partial charge in [-0.05, 0) is 0 Å². The molecule has 7 heteroatoms. The highest BCUT2D eigenvalue weighted by Gasteiger charge is 2.19. The van der Waals surface area contributed by atoms with Crippen LogP contribution in [-0.4, -0.2) is 60.7 Å². The Morgan fingerprint density at radius 1 is 1.42 bits per heavy atom. The molecule has 19 heavy (non-hydrogen) atoms. The van der Waals surface area contributed by atoms with Crippen molar-refractivity contribution < 1.29 is 9.53 Å². The number of aromatic nitrogens is 2. The number of nitrogens with zero attached hydrogens (tertiary/aromatic N) is 5. The number of ether oxygens (including phenoxy) is 1. The SMILES string of the molecule is COC(=O)c1cncc(N2CCN(CC#N)CC2)n1. The van der Waals surface area contributed by atoms with Crippen molar-refractivity contribution in [1.82, 2.24) is 14.9 Å². The van der Waals surface area contributed by atoms with E-state index in [4.69, 9.17) is 5.26 Å². The van der Waals surface area contributed by atoms with Gasteiger partial charge in [-0.1, -0.05) is 0 Å². The number of carbonyl (C=O) groups is 1. The first-order valence-corrected chi connectivity index (χ1v) is 5.99. The highest BCUT2D eigenvalue weighted by atomic mass is 16.5. The number of hydrogen-bond donors (Lipinski definition) is 0. The lowest BCUT2D eigenvalue weighted by Crippen LogP contribution is -2.46. The van der Waals surface area contributed by atoms with Gasteiger partial charge in [0.2, 0.25) is 0 Å². The number of rotatable bonds is 3. The van der Waals surface area contributed by atoms with E-state index in [1.807, 2.05) is 4.90 Å². The van der Waals surface area contributed by atoms with Gasteiger partial charge in [0.05, 0.1) is 32.1 Å². The van der Waals surface area contributed by atoms with Crippen molar-refractivity contribution >= 4 is 11.8 Å². The second-order valence-corrected chi connectivity index (χ2v) is 4.18. The van der Waals surface area contributed by atoms with Crippen molar-refractivity contribution in [1.29, 1.82) is 5.26 Å². The van der Waals surface area contributed by atoms with Gasteiger partial charge in [-0.2, -0.15) is 5.26 Å². The Balaban J connectivity index is 2.03. The highest BCUT2D eigenvalue weighted by molar-refractivity contribution is 5.87. The minimum Gasteiger partial charge on any atom is -0.464 e. The lowest BCUT2D eigenvalue weighted by atomic mass is 10.3. The zero-order valence-electron chi connectivity index (χ0n) is 10.7. The molecule has 1 saturated heterocycles. The predicted molar refractivity (Wildman–Crippen MR) is 67.6 cm³/mol. The number of anilines is 1. The van der Waals surface area contributed by atoms with E-state index >= 15 is 0 Å². The lowest BCUT2D eigenvalue weighted by molar-refractivity contribution is 0.0593. The van der Waals surface area contributed by atoms with E-state index in [0.29, 0.717) is 12.4 Å². The van der Waals surface area contributed by atoms with Gasteiger partial charge in [0, 0.05) is 26.2 Å². The summed E-state index contributed by atoms with van der Waals surface area (Å²) in [6.45, 7) is 3.58. The van der Waals surface area contributed by atoms with E-state index in [9.17, 15) is 4.79 Å². The van der Waals surface area contributed by atoms with E-state index in [1.165, 1.54) is 13.3 Å². The molecule has 1 aromatic heterocycles. The molecule has 0 N–H and O–H groups in total. The van der Waals surface area contributed by atoms with Crippen LogP contribution < -0.4 is 4.90 Å². The average molecular weight is 261 g/mol. The molecule has 0 unspecified atom stereocenters. The van der Waals surface area contributed by atoms with Crippen molar-refractivity contribution in [3.63, 3.8) is 0 Å². The summed E-state index contributed by atoms with van der Waals surface area (Å²) in [4.78, 5) is 23.8. The van der Waals surface area contributed by atoms with E-state index in [-0.39, 0.29) is 5.69 Å². The van der Waals surface area contributed by atoms with Crippen LogP contribution in [0.4, 0.5) is 5.82 Å². The number of piperazine rings is 1. The van der Waals surface area contributed by atoms with Crippen molar-refractivity contribution in [2.24, 2.45) is 0 Å². The molecule has 0 aliphatic carbocycles. The normalized spacial score (nSPS) is 15.9. The van der Waals surface area contributed by atoms with Gasteiger partial charge in [0.25, 0.3) is 0 Å². The quantitative estimate of drug-likeness (QED) is 0.555. The van der Waals surface area contributed by atoms with Crippen molar-refractivity contribution in [2.75, 3.05) is 44.7 Å². The fourth-order valence-corrected chi connectivity index (χ4v) is 1.95. The molecule has 0 atom stereocenters.